The van der Waals surface area contributed by atoms with E-state index in [-0.39, 0.29) is 5.91 Å². The summed E-state index contributed by atoms with van der Waals surface area (Å²) in [6.45, 7) is 0. The molecule has 0 saturated heterocycles. The predicted molar refractivity (Wildman–Crippen MR) is 62.8 cm³/mol. The van der Waals surface area contributed by atoms with Gasteiger partial charge >= 0.3 is 0 Å². The molecule has 0 aromatic heterocycles. The summed E-state index contributed by atoms with van der Waals surface area (Å²) in [6, 6.07) is 11.2. The van der Waals surface area contributed by atoms with Crippen molar-refractivity contribution in [1.29, 1.82) is 0 Å². The van der Waals surface area contributed by atoms with Crippen molar-refractivity contribution >= 4 is 22.4 Å². The van der Waals surface area contributed by atoms with E-state index in [0.717, 1.165) is 10.8 Å². The summed E-state index contributed by atoms with van der Waals surface area (Å²) < 4.78 is 0. The fourth-order valence-electron chi connectivity index (χ4n) is 1.60. The van der Waals surface area contributed by atoms with Crippen LogP contribution in [0.5, 0.6) is 0 Å². The first kappa shape index (κ1) is 10.4. The van der Waals surface area contributed by atoms with Crippen molar-refractivity contribution in [2.75, 3.05) is 12.8 Å². The lowest BCUT2D eigenvalue weighted by atomic mass is 10.0. The zero-order valence-electron chi connectivity index (χ0n) is 8.86. The normalized spacial score (nSPS) is 10.3. The molecule has 82 valence electrons. The van der Waals surface area contributed by atoms with E-state index in [1.807, 2.05) is 24.3 Å². The van der Waals surface area contributed by atoms with Crippen molar-refractivity contribution in [1.82, 2.24) is 5.48 Å². The number of fused-ring (bicyclic) bond motifs is 1. The van der Waals surface area contributed by atoms with Crippen LogP contribution in [0.3, 0.4) is 0 Å². The maximum absolute atomic E-state index is 11.6. The smallest absolute Gasteiger partial charge is 0.276 e. The molecule has 0 bridgehead atoms. The first-order valence-electron chi connectivity index (χ1n) is 4.84. The Labute approximate surface area is 93.0 Å². The zero-order chi connectivity index (χ0) is 11.5. The summed E-state index contributed by atoms with van der Waals surface area (Å²) in [5, 5.41) is 1.98. The second-order valence-electron chi connectivity index (χ2n) is 3.42. The number of anilines is 1. The maximum Gasteiger partial charge on any atom is 0.276 e. The van der Waals surface area contributed by atoms with E-state index < -0.39 is 0 Å². The molecule has 0 spiro atoms. The van der Waals surface area contributed by atoms with Gasteiger partial charge in [0.25, 0.3) is 5.91 Å². The molecule has 0 fully saturated rings. The van der Waals surface area contributed by atoms with Gasteiger partial charge in [-0.3, -0.25) is 9.63 Å². The highest BCUT2D eigenvalue weighted by Crippen LogP contribution is 2.21. The van der Waals surface area contributed by atoms with E-state index >= 15 is 0 Å². The summed E-state index contributed by atoms with van der Waals surface area (Å²) in [5.41, 5.74) is 8.91. The average Bonchev–Trinajstić information content (AvgIpc) is 2.28. The van der Waals surface area contributed by atoms with Gasteiger partial charge in [-0.25, -0.2) is 5.48 Å². The topological polar surface area (TPSA) is 64.3 Å². The molecule has 16 heavy (non-hydrogen) atoms. The predicted octanol–water partition coefficient (Wildman–Crippen LogP) is 1.71. The Kier molecular flexibility index (Phi) is 2.74. The molecule has 0 aliphatic heterocycles. The third-order valence-corrected chi connectivity index (χ3v) is 2.36. The molecule has 0 atom stereocenters. The third-order valence-electron chi connectivity index (χ3n) is 2.36. The van der Waals surface area contributed by atoms with Crippen LogP contribution in [0, 0.1) is 0 Å². The Morgan fingerprint density at radius 3 is 2.50 bits per heavy atom. The van der Waals surface area contributed by atoms with Crippen LogP contribution in [0.25, 0.3) is 10.8 Å². The number of nitrogen functional groups attached to an aromatic ring is 1. The van der Waals surface area contributed by atoms with Gasteiger partial charge in [0.15, 0.2) is 0 Å². The van der Waals surface area contributed by atoms with E-state index in [2.05, 4.69) is 10.3 Å². The minimum absolute atomic E-state index is 0.342. The van der Waals surface area contributed by atoms with Crippen molar-refractivity contribution in [3.05, 3.63) is 42.0 Å². The van der Waals surface area contributed by atoms with Crippen LogP contribution >= 0.6 is 0 Å². The molecule has 1 amide bonds. The number of hydrogen-bond donors (Lipinski definition) is 2. The molecule has 0 saturated carbocycles. The lowest BCUT2D eigenvalue weighted by Gasteiger charge is -2.07. The number of benzene rings is 2. The van der Waals surface area contributed by atoms with Crippen molar-refractivity contribution in [3.63, 3.8) is 0 Å². The molecule has 0 radical (unpaired) electrons. The van der Waals surface area contributed by atoms with E-state index in [9.17, 15) is 4.79 Å². The third kappa shape index (κ3) is 1.83. The lowest BCUT2D eigenvalue weighted by molar-refractivity contribution is 0.0539. The largest absolute Gasteiger partial charge is 0.398 e. The van der Waals surface area contributed by atoms with E-state index in [1.165, 1.54) is 7.11 Å². The molecular formula is C12H12N2O2. The summed E-state index contributed by atoms with van der Waals surface area (Å²) in [4.78, 5) is 16.2. The Hall–Kier alpha value is -2.07. The monoisotopic (exact) mass is 216 g/mol. The number of carbonyl (C=O) groups is 1. The van der Waals surface area contributed by atoms with Crippen molar-refractivity contribution in [2.45, 2.75) is 0 Å². The number of nitrogens with one attached hydrogen (secondary N) is 1. The second-order valence-corrected chi connectivity index (χ2v) is 3.42. The van der Waals surface area contributed by atoms with Crippen molar-refractivity contribution < 1.29 is 9.63 Å². The number of carbonyl (C=O) groups excluding carboxylic acids is 1. The standard InChI is InChI=1S/C12H12N2O2/c1-16-14-12(15)10-6-8-4-2-3-5-9(8)7-11(10)13/h2-7H,13H2,1H3,(H,14,15). The van der Waals surface area contributed by atoms with Crippen LogP contribution in [0.2, 0.25) is 0 Å². The Bertz CT molecular complexity index is 538. The zero-order valence-corrected chi connectivity index (χ0v) is 8.86. The number of rotatable bonds is 2. The van der Waals surface area contributed by atoms with E-state index in [0.29, 0.717) is 11.3 Å². The molecule has 2 aromatic carbocycles. The summed E-state index contributed by atoms with van der Waals surface area (Å²) in [5.74, 6) is -0.342. The Morgan fingerprint density at radius 1 is 1.25 bits per heavy atom. The fourth-order valence-corrected chi connectivity index (χ4v) is 1.60. The van der Waals surface area contributed by atoms with Gasteiger partial charge in [0.2, 0.25) is 0 Å². The van der Waals surface area contributed by atoms with Crippen molar-refractivity contribution in [3.8, 4) is 0 Å². The Morgan fingerprint density at radius 2 is 1.88 bits per heavy atom. The van der Waals surface area contributed by atoms with Gasteiger partial charge < -0.3 is 5.73 Å². The molecule has 0 unspecified atom stereocenters. The summed E-state index contributed by atoms with van der Waals surface area (Å²) in [7, 11) is 1.38. The first-order valence-corrected chi connectivity index (χ1v) is 4.84. The second kappa shape index (κ2) is 4.20. The van der Waals surface area contributed by atoms with Gasteiger partial charge in [-0.2, -0.15) is 0 Å². The molecule has 4 nitrogen and oxygen atoms in total. The van der Waals surface area contributed by atoms with Crippen molar-refractivity contribution in [2.24, 2.45) is 0 Å². The minimum Gasteiger partial charge on any atom is -0.398 e. The molecular weight excluding hydrogens is 204 g/mol. The highest BCUT2D eigenvalue weighted by atomic mass is 16.6. The van der Waals surface area contributed by atoms with Gasteiger partial charge in [0.1, 0.15) is 0 Å². The van der Waals surface area contributed by atoms with Gasteiger partial charge in [-0.1, -0.05) is 24.3 Å². The quantitative estimate of drug-likeness (QED) is 0.593. The van der Waals surface area contributed by atoms with E-state index in [1.54, 1.807) is 12.1 Å². The van der Waals surface area contributed by atoms with Gasteiger partial charge in [0.05, 0.1) is 12.7 Å². The van der Waals surface area contributed by atoms with Crippen LogP contribution in [0.4, 0.5) is 5.69 Å². The molecule has 4 heteroatoms. The lowest BCUT2D eigenvalue weighted by Crippen LogP contribution is -2.22. The van der Waals surface area contributed by atoms with Gasteiger partial charge in [-0.05, 0) is 22.9 Å². The van der Waals surface area contributed by atoms with Crippen LogP contribution in [0.1, 0.15) is 10.4 Å². The van der Waals surface area contributed by atoms with Crippen LogP contribution < -0.4 is 11.2 Å². The van der Waals surface area contributed by atoms with Crippen LogP contribution in [-0.2, 0) is 4.84 Å². The Balaban J connectivity index is 2.54. The highest BCUT2D eigenvalue weighted by molar-refractivity contribution is 6.03. The average molecular weight is 216 g/mol. The molecule has 3 N–H and O–H groups in total. The summed E-state index contributed by atoms with van der Waals surface area (Å²) >= 11 is 0. The first-order chi connectivity index (χ1) is 7.72. The van der Waals surface area contributed by atoms with Gasteiger partial charge in [-0.15, -0.1) is 0 Å². The molecule has 2 aromatic rings. The molecule has 0 heterocycles. The fraction of sp³-hybridized carbons (Fsp3) is 0.0833. The van der Waals surface area contributed by atoms with Crippen LogP contribution in [-0.4, -0.2) is 13.0 Å². The van der Waals surface area contributed by atoms with Crippen LogP contribution in [0.15, 0.2) is 36.4 Å². The molecule has 0 aliphatic carbocycles. The number of nitrogens with two attached hydrogens (primary N) is 1. The molecule has 0 aliphatic rings. The van der Waals surface area contributed by atoms with E-state index in [4.69, 9.17) is 5.73 Å². The number of hydrogen-bond acceptors (Lipinski definition) is 3. The van der Waals surface area contributed by atoms with Gasteiger partial charge in [0, 0.05) is 5.69 Å². The number of amides is 1. The molecule has 2 rings (SSSR count). The number of hydroxylamine groups is 1. The minimum atomic E-state index is -0.342. The maximum atomic E-state index is 11.6. The summed E-state index contributed by atoms with van der Waals surface area (Å²) in [6.07, 6.45) is 0. The highest BCUT2D eigenvalue weighted by Gasteiger charge is 2.10. The SMILES string of the molecule is CONC(=O)c1cc2ccccc2cc1N.